The van der Waals surface area contributed by atoms with Crippen LogP contribution in [0.1, 0.15) is 23.8 Å². The summed E-state index contributed by atoms with van der Waals surface area (Å²) < 4.78 is 29.6. The van der Waals surface area contributed by atoms with Crippen LogP contribution in [0, 0.1) is 23.2 Å². The highest BCUT2D eigenvalue weighted by molar-refractivity contribution is 7.20. The van der Waals surface area contributed by atoms with Crippen LogP contribution in [0.25, 0.3) is 10.1 Å². The second-order valence-corrected chi connectivity index (χ2v) is 7.31. The van der Waals surface area contributed by atoms with Gasteiger partial charge >= 0.3 is 0 Å². The third kappa shape index (κ3) is 3.46. The van der Waals surface area contributed by atoms with E-state index in [1.807, 2.05) is 18.2 Å². The van der Waals surface area contributed by atoms with Crippen molar-refractivity contribution in [2.24, 2.45) is 0 Å². The number of alkyl halides is 2. The van der Waals surface area contributed by atoms with Gasteiger partial charge in [0.15, 0.2) is 0 Å². The summed E-state index contributed by atoms with van der Waals surface area (Å²) in [5.74, 6) is 3.12. The summed E-state index contributed by atoms with van der Waals surface area (Å²) in [6.07, 6.45) is 0.649. The highest BCUT2D eigenvalue weighted by atomic mass is 32.1. The summed E-state index contributed by atoms with van der Waals surface area (Å²) in [6, 6.07) is 6.88. The van der Waals surface area contributed by atoms with Crippen LogP contribution in [-0.2, 0) is 6.42 Å². The SMILES string of the molecule is CC#Cc1sc2c(NC3CCN(C)CC3(F)F)cccc2c1CC#N. The minimum absolute atomic E-state index is 0.239. The van der Waals surface area contributed by atoms with Crippen LogP contribution >= 0.6 is 11.3 Å². The summed E-state index contributed by atoms with van der Waals surface area (Å²) >= 11 is 1.46. The number of rotatable bonds is 3. The van der Waals surface area contributed by atoms with E-state index in [1.54, 1.807) is 18.9 Å². The van der Waals surface area contributed by atoms with Gasteiger partial charge in [0, 0.05) is 17.5 Å². The zero-order valence-electron chi connectivity index (χ0n) is 14.2. The Morgan fingerprint density at radius 3 is 2.92 bits per heavy atom. The van der Waals surface area contributed by atoms with Crippen molar-refractivity contribution in [1.29, 1.82) is 5.26 Å². The third-order valence-electron chi connectivity index (χ3n) is 4.43. The minimum atomic E-state index is -2.78. The first kappa shape index (κ1) is 17.7. The van der Waals surface area contributed by atoms with E-state index in [1.165, 1.54) is 11.3 Å². The fraction of sp³-hybridized carbons (Fsp3) is 0.421. The van der Waals surface area contributed by atoms with E-state index in [4.69, 9.17) is 5.26 Å². The predicted molar refractivity (Wildman–Crippen MR) is 98.2 cm³/mol. The van der Waals surface area contributed by atoms with Crippen molar-refractivity contribution in [3.63, 3.8) is 0 Å². The number of likely N-dealkylation sites (tertiary alicyclic amines) is 1. The van der Waals surface area contributed by atoms with E-state index in [0.717, 1.165) is 20.5 Å². The Morgan fingerprint density at radius 1 is 1.44 bits per heavy atom. The van der Waals surface area contributed by atoms with Gasteiger partial charge in [-0.25, -0.2) is 8.78 Å². The first-order valence-corrected chi connectivity index (χ1v) is 8.95. The van der Waals surface area contributed by atoms with Gasteiger partial charge in [0.05, 0.1) is 40.3 Å². The zero-order valence-corrected chi connectivity index (χ0v) is 15.0. The van der Waals surface area contributed by atoms with E-state index in [9.17, 15) is 8.78 Å². The van der Waals surface area contributed by atoms with Crippen LogP contribution in [0.2, 0.25) is 0 Å². The van der Waals surface area contributed by atoms with Crippen molar-refractivity contribution >= 4 is 27.1 Å². The summed E-state index contributed by atoms with van der Waals surface area (Å²) in [6.45, 7) is 2.15. The standard InChI is InChI=1S/C19H19F2N3S/c1-3-5-16-13(8-10-22)14-6-4-7-15(18(14)25-16)23-17-9-11-24(2)12-19(17,20)21/h4,6-7,17,23H,8-9,11-12H2,1-2H3. The van der Waals surface area contributed by atoms with E-state index in [-0.39, 0.29) is 13.0 Å². The lowest BCUT2D eigenvalue weighted by molar-refractivity contribution is -0.0672. The lowest BCUT2D eigenvalue weighted by Gasteiger charge is -2.37. The predicted octanol–water partition coefficient (Wildman–Crippen LogP) is 4.09. The van der Waals surface area contributed by atoms with Crippen molar-refractivity contribution < 1.29 is 8.78 Å². The molecule has 1 aliphatic heterocycles. The molecule has 2 aromatic rings. The third-order valence-corrected chi connectivity index (χ3v) is 5.63. The molecule has 1 aromatic heterocycles. The Morgan fingerprint density at radius 2 is 2.24 bits per heavy atom. The second-order valence-electron chi connectivity index (χ2n) is 6.29. The summed E-state index contributed by atoms with van der Waals surface area (Å²) in [5.41, 5.74) is 1.58. The largest absolute Gasteiger partial charge is 0.375 e. The Balaban J connectivity index is 2.01. The van der Waals surface area contributed by atoms with Gasteiger partial charge in [0.25, 0.3) is 5.92 Å². The molecule has 1 saturated heterocycles. The van der Waals surface area contributed by atoms with Crippen molar-refractivity contribution in [2.45, 2.75) is 31.7 Å². The van der Waals surface area contributed by atoms with E-state index in [0.29, 0.717) is 18.7 Å². The fourth-order valence-corrected chi connectivity index (χ4v) is 4.43. The molecule has 6 heteroatoms. The molecule has 1 fully saturated rings. The molecule has 0 spiro atoms. The van der Waals surface area contributed by atoms with Gasteiger partial charge in [-0.05, 0) is 26.5 Å². The lowest BCUT2D eigenvalue weighted by Crippen LogP contribution is -2.53. The molecule has 3 rings (SSSR count). The number of fused-ring (bicyclic) bond motifs is 1. The average Bonchev–Trinajstić information content (AvgIpc) is 2.89. The summed E-state index contributed by atoms with van der Waals surface area (Å²) in [7, 11) is 1.72. The van der Waals surface area contributed by atoms with Gasteiger partial charge in [-0.15, -0.1) is 17.3 Å². The van der Waals surface area contributed by atoms with Crippen LogP contribution in [0.4, 0.5) is 14.5 Å². The second kappa shape index (κ2) is 7.00. The molecule has 1 aromatic carbocycles. The van der Waals surface area contributed by atoms with E-state index < -0.39 is 12.0 Å². The Bertz CT molecular complexity index is 886. The average molecular weight is 359 g/mol. The van der Waals surface area contributed by atoms with E-state index in [2.05, 4.69) is 23.2 Å². The molecular weight excluding hydrogens is 340 g/mol. The molecule has 0 aliphatic carbocycles. The molecular formula is C19H19F2N3S. The number of nitrogens with one attached hydrogen (secondary N) is 1. The van der Waals surface area contributed by atoms with Crippen molar-refractivity contribution in [3.05, 3.63) is 28.6 Å². The van der Waals surface area contributed by atoms with Gasteiger partial charge in [0.1, 0.15) is 0 Å². The van der Waals surface area contributed by atoms with Crippen LogP contribution in [0.3, 0.4) is 0 Å². The molecule has 1 atom stereocenters. The number of halogens is 2. The molecule has 1 N–H and O–H groups in total. The topological polar surface area (TPSA) is 39.1 Å². The van der Waals surface area contributed by atoms with Gasteiger partial charge in [-0.3, -0.25) is 0 Å². The quantitative estimate of drug-likeness (QED) is 0.839. The smallest absolute Gasteiger partial charge is 0.280 e. The molecule has 0 bridgehead atoms. The molecule has 2 heterocycles. The number of benzene rings is 1. The zero-order chi connectivity index (χ0) is 18.0. The highest BCUT2D eigenvalue weighted by Crippen LogP contribution is 2.38. The monoisotopic (exact) mass is 359 g/mol. The van der Waals surface area contributed by atoms with Gasteiger partial charge in [-0.2, -0.15) is 5.26 Å². The van der Waals surface area contributed by atoms with Crippen molar-refractivity contribution in [1.82, 2.24) is 4.90 Å². The minimum Gasteiger partial charge on any atom is -0.375 e. The van der Waals surface area contributed by atoms with Crippen LogP contribution < -0.4 is 5.32 Å². The van der Waals surface area contributed by atoms with Gasteiger partial charge in [-0.1, -0.05) is 18.1 Å². The fourth-order valence-electron chi connectivity index (χ4n) is 3.23. The maximum absolute atomic E-state index is 14.4. The van der Waals surface area contributed by atoms with Gasteiger partial charge < -0.3 is 10.2 Å². The van der Waals surface area contributed by atoms with E-state index >= 15 is 0 Å². The molecule has 25 heavy (non-hydrogen) atoms. The maximum atomic E-state index is 14.4. The molecule has 1 unspecified atom stereocenters. The number of nitriles is 1. The Kier molecular flexibility index (Phi) is 4.94. The van der Waals surface area contributed by atoms with Crippen LogP contribution in [0.15, 0.2) is 18.2 Å². The first-order chi connectivity index (χ1) is 12.0. The number of nitrogens with zero attached hydrogens (tertiary/aromatic N) is 2. The number of hydrogen-bond donors (Lipinski definition) is 1. The van der Waals surface area contributed by atoms with Crippen LogP contribution in [0.5, 0.6) is 0 Å². The summed E-state index contributed by atoms with van der Waals surface area (Å²) in [4.78, 5) is 2.49. The number of piperidine rings is 1. The first-order valence-electron chi connectivity index (χ1n) is 8.13. The molecule has 0 radical (unpaired) electrons. The summed E-state index contributed by atoms with van der Waals surface area (Å²) in [5, 5.41) is 13.1. The van der Waals surface area contributed by atoms with Gasteiger partial charge in [0.2, 0.25) is 0 Å². The number of anilines is 1. The van der Waals surface area contributed by atoms with Crippen molar-refractivity contribution in [2.75, 3.05) is 25.5 Å². The molecule has 0 saturated carbocycles. The highest BCUT2D eigenvalue weighted by Gasteiger charge is 2.43. The Labute approximate surface area is 150 Å². The molecule has 1 aliphatic rings. The number of hydrogen-bond acceptors (Lipinski definition) is 4. The number of thiophene rings is 1. The molecule has 0 amide bonds. The van der Waals surface area contributed by atoms with Crippen LogP contribution in [-0.4, -0.2) is 37.0 Å². The lowest BCUT2D eigenvalue weighted by atomic mass is 10.0. The normalized spacial score (nSPS) is 19.9. The molecule has 130 valence electrons. The van der Waals surface area contributed by atoms with Crippen molar-refractivity contribution in [3.8, 4) is 17.9 Å². The maximum Gasteiger partial charge on any atom is 0.280 e. The molecule has 3 nitrogen and oxygen atoms in total. The Hall–Kier alpha value is -2.15.